The Morgan fingerprint density at radius 3 is 2.63 bits per heavy atom. The number of anilines is 1. The molecule has 0 radical (unpaired) electrons. The van der Waals surface area contributed by atoms with Crippen molar-refractivity contribution in [3.63, 3.8) is 0 Å². The molecule has 0 fully saturated rings. The molecule has 2 rings (SSSR count). The summed E-state index contributed by atoms with van der Waals surface area (Å²) in [5, 5.41) is 11.3. The normalized spacial score (nSPS) is 11.0. The second-order valence-corrected chi connectivity index (χ2v) is 6.63. The lowest BCUT2D eigenvalue weighted by atomic mass is 10.1. The summed E-state index contributed by atoms with van der Waals surface area (Å²) >= 11 is 5.39. The van der Waals surface area contributed by atoms with Crippen molar-refractivity contribution in [2.24, 2.45) is 0 Å². The summed E-state index contributed by atoms with van der Waals surface area (Å²) in [6, 6.07) is 10.7. The third-order valence-corrected chi connectivity index (χ3v) is 4.53. The molecule has 1 heterocycles. The monoisotopic (exact) mass is 339 g/mol. The zero-order chi connectivity index (χ0) is 13.8. The first-order chi connectivity index (χ1) is 9.11. The summed E-state index contributed by atoms with van der Waals surface area (Å²) in [6.07, 6.45) is 0. The quantitative estimate of drug-likeness (QED) is 0.871. The minimum Gasteiger partial charge on any atom is -0.392 e. The van der Waals surface area contributed by atoms with Crippen LogP contribution in [-0.2, 0) is 13.2 Å². The first kappa shape index (κ1) is 14.6. The van der Waals surface area contributed by atoms with Gasteiger partial charge < -0.3 is 10.0 Å². The van der Waals surface area contributed by atoms with Crippen LogP contribution in [0, 0.1) is 0 Å². The van der Waals surface area contributed by atoms with Crippen molar-refractivity contribution in [1.29, 1.82) is 0 Å². The summed E-state index contributed by atoms with van der Waals surface area (Å²) < 4.78 is 1.03. The topological polar surface area (TPSA) is 23.5 Å². The Hall–Kier alpha value is -0.840. The molecule has 0 aliphatic rings. The van der Waals surface area contributed by atoms with Gasteiger partial charge in [0.2, 0.25) is 0 Å². The highest BCUT2D eigenvalue weighted by Crippen LogP contribution is 2.30. The van der Waals surface area contributed by atoms with Crippen molar-refractivity contribution in [3.8, 4) is 0 Å². The van der Waals surface area contributed by atoms with Crippen LogP contribution in [0.25, 0.3) is 0 Å². The Morgan fingerprint density at radius 2 is 2.11 bits per heavy atom. The molecule has 0 aliphatic carbocycles. The summed E-state index contributed by atoms with van der Waals surface area (Å²) in [5.41, 5.74) is 2.09. The third kappa shape index (κ3) is 3.59. The summed E-state index contributed by atoms with van der Waals surface area (Å²) in [7, 11) is 0. The van der Waals surface area contributed by atoms with E-state index in [1.807, 2.05) is 12.1 Å². The lowest BCUT2D eigenvalue weighted by molar-refractivity contribution is 0.282. The molecule has 19 heavy (non-hydrogen) atoms. The van der Waals surface area contributed by atoms with Gasteiger partial charge >= 0.3 is 0 Å². The van der Waals surface area contributed by atoms with E-state index in [0.29, 0.717) is 6.04 Å². The van der Waals surface area contributed by atoms with Crippen LogP contribution in [0.2, 0.25) is 0 Å². The molecule has 4 heteroatoms. The van der Waals surface area contributed by atoms with Crippen molar-refractivity contribution in [1.82, 2.24) is 0 Å². The number of thiophene rings is 1. The van der Waals surface area contributed by atoms with Crippen LogP contribution in [0.5, 0.6) is 0 Å². The molecule has 0 atom stereocenters. The molecule has 2 nitrogen and oxygen atoms in total. The van der Waals surface area contributed by atoms with E-state index in [0.717, 1.165) is 16.6 Å². The predicted octanol–water partition coefficient (Wildman–Crippen LogP) is 4.42. The smallest absolute Gasteiger partial charge is 0.0682 e. The van der Waals surface area contributed by atoms with Crippen molar-refractivity contribution >= 4 is 33.0 Å². The Morgan fingerprint density at radius 1 is 1.32 bits per heavy atom. The van der Waals surface area contributed by atoms with Crippen LogP contribution in [-0.4, -0.2) is 11.1 Å². The largest absolute Gasteiger partial charge is 0.392 e. The lowest BCUT2D eigenvalue weighted by Gasteiger charge is -2.29. The zero-order valence-corrected chi connectivity index (χ0v) is 13.5. The van der Waals surface area contributed by atoms with Gasteiger partial charge in [0, 0.05) is 15.4 Å². The molecular weight excluding hydrogens is 322 g/mol. The molecule has 0 bridgehead atoms. The van der Waals surface area contributed by atoms with Gasteiger partial charge in [-0.25, -0.2) is 0 Å². The third-order valence-electron chi connectivity index (χ3n) is 3.03. The van der Waals surface area contributed by atoms with E-state index in [9.17, 15) is 5.11 Å². The Kier molecular flexibility index (Phi) is 5.02. The highest BCUT2D eigenvalue weighted by Gasteiger charge is 2.15. The number of nitrogens with zero attached hydrogens (tertiary/aromatic N) is 1. The summed E-state index contributed by atoms with van der Waals surface area (Å²) in [4.78, 5) is 3.71. The molecular formula is C15H18BrNOS. The molecule has 0 spiro atoms. The van der Waals surface area contributed by atoms with E-state index in [2.05, 4.69) is 58.3 Å². The van der Waals surface area contributed by atoms with Gasteiger partial charge in [-0.15, -0.1) is 11.3 Å². The Balaban J connectivity index is 2.28. The van der Waals surface area contributed by atoms with E-state index in [4.69, 9.17) is 0 Å². The average molecular weight is 340 g/mol. The van der Waals surface area contributed by atoms with E-state index in [1.54, 1.807) is 11.3 Å². The first-order valence-corrected chi connectivity index (χ1v) is 7.97. The maximum Gasteiger partial charge on any atom is 0.0682 e. The second-order valence-electron chi connectivity index (χ2n) is 4.74. The van der Waals surface area contributed by atoms with Crippen LogP contribution < -0.4 is 4.90 Å². The fourth-order valence-corrected chi connectivity index (χ4v) is 3.35. The minimum atomic E-state index is 0.0749. The van der Waals surface area contributed by atoms with Gasteiger partial charge in [0.05, 0.1) is 18.8 Å². The number of benzene rings is 1. The fraction of sp³-hybridized carbons (Fsp3) is 0.333. The van der Waals surface area contributed by atoms with E-state index >= 15 is 0 Å². The van der Waals surface area contributed by atoms with Gasteiger partial charge in [0.25, 0.3) is 0 Å². The highest BCUT2D eigenvalue weighted by molar-refractivity contribution is 9.10. The van der Waals surface area contributed by atoms with Crippen molar-refractivity contribution in [2.45, 2.75) is 33.0 Å². The van der Waals surface area contributed by atoms with Gasteiger partial charge in [0.15, 0.2) is 0 Å². The highest BCUT2D eigenvalue weighted by atomic mass is 79.9. The molecule has 0 amide bonds. The van der Waals surface area contributed by atoms with E-state index < -0.39 is 0 Å². The molecule has 1 aromatic heterocycles. The van der Waals surface area contributed by atoms with Crippen LogP contribution in [0.1, 0.15) is 24.3 Å². The van der Waals surface area contributed by atoms with Crippen molar-refractivity contribution in [3.05, 3.63) is 50.6 Å². The minimum absolute atomic E-state index is 0.0749. The Labute approximate surface area is 126 Å². The number of rotatable bonds is 5. The molecule has 2 aromatic rings. The molecule has 0 saturated carbocycles. The average Bonchev–Trinajstić information content (AvgIpc) is 2.89. The number of hydrogen-bond acceptors (Lipinski definition) is 3. The van der Waals surface area contributed by atoms with E-state index in [1.165, 1.54) is 10.6 Å². The van der Waals surface area contributed by atoms with Crippen LogP contribution >= 0.6 is 27.3 Å². The van der Waals surface area contributed by atoms with Gasteiger partial charge in [-0.05, 0) is 58.9 Å². The van der Waals surface area contributed by atoms with Crippen LogP contribution in [0.4, 0.5) is 5.69 Å². The van der Waals surface area contributed by atoms with Gasteiger partial charge in [-0.1, -0.05) is 12.1 Å². The number of aliphatic hydroxyl groups is 1. The molecule has 1 N–H and O–H groups in total. The summed E-state index contributed by atoms with van der Waals surface area (Å²) in [5.74, 6) is 0. The number of aliphatic hydroxyl groups excluding tert-OH is 1. The standard InChI is InChI=1S/C15H18BrNOS/c1-11(2)17(9-13-4-3-7-19-13)15-6-5-12(10-18)8-14(15)16/h3-8,11,18H,9-10H2,1-2H3. The van der Waals surface area contributed by atoms with Crippen molar-refractivity contribution < 1.29 is 5.11 Å². The predicted molar refractivity (Wildman–Crippen MR) is 85.7 cm³/mol. The molecule has 0 unspecified atom stereocenters. The summed E-state index contributed by atoms with van der Waals surface area (Å²) in [6.45, 7) is 5.37. The van der Waals surface area contributed by atoms with Crippen molar-refractivity contribution in [2.75, 3.05) is 4.90 Å². The Bertz CT molecular complexity index is 525. The second kappa shape index (κ2) is 6.55. The maximum atomic E-state index is 9.18. The van der Waals surface area contributed by atoms with Gasteiger partial charge in [-0.2, -0.15) is 0 Å². The number of halogens is 1. The number of hydrogen-bond donors (Lipinski definition) is 1. The SMILES string of the molecule is CC(C)N(Cc1cccs1)c1ccc(CO)cc1Br. The molecule has 102 valence electrons. The lowest BCUT2D eigenvalue weighted by Crippen LogP contribution is -2.30. The first-order valence-electron chi connectivity index (χ1n) is 6.30. The maximum absolute atomic E-state index is 9.18. The zero-order valence-electron chi connectivity index (χ0n) is 11.1. The molecule has 1 aromatic carbocycles. The van der Waals surface area contributed by atoms with Gasteiger partial charge in [-0.3, -0.25) is 0 Å². The molecule has 0 saturated heterocycles. The van der Waals surface area contributed by atoms with E-state index in [-0.39, 0.29) is 6.61 Å². The van der Waals surface area contributed by atoms with Gasteiger partial charge in [0.1, 0.15) is 0 Å². The van der Waals surface area contributed by atoms with Crippen LogP contribution in [0.15, 0.2) is 40.2 Å². The molecule has 0 aliphatic heterocycles. The fourth-order valence-electron chi connectivity index (χ4n) is 2.00. The van der Waals surface area contributed by atoms with Crippen LogP contribution in [0.3, 0.4) is 0 Å².